The molecular formula is C25H31ClN2O3. The number of hydrogen-bond donors (Lipinski definition) is 1. The summed E-state index contributed by atoms with van der Waals surface area (Å²) in [4.78, 5) is 15.4. The zero-order valence-electron chi connectivity index (χ0n) is 17.9. The van der Waals surface area contributed by atoms with E-state index in [2.05, 4.69) is 23.1 Å². The van der Waals surface area contributed by atoms with E-state index in [0.717, 1.165) is 68.1 Å². The van der Waals surface area contributed by atoms with Crippen LogP contribution in [0.3, 0.4) is 0 Å². The molecule has 2 aliphatic heterocycles. The number of likely N-dealkylation sites (tertiary alicyclic amines) is 1. The minimum Gasteiger partial charge on any atom is -0.494 e. The van der Waals surface area contributed by atoms with Gasteiger partial charge in [-0.05, 0) is 86.0 Å². The van der Waals surface area contributed by atoms with Crippen LogP contribution >= 0.6 is 11.6 Å². The van der Waals surface area contributed by atoms with E-state index < -0.39 is 6.09 Å². The Morgan fingerprint density at radius 3 is 2.68 bits per heavy atom. The number of piperidine rings is 1. The van der Waals surface area contributed by atoms with Gasteiger partial charge in [0.25, 0.3) is 0 Å². The van der Waals surface area contributed by atoms with E-state index in [4.69, 9.17) is 16.3 Å². The van der Waals surface area contributed by atoms with E-state index in [9.17, 15) is 9.90 Å². The summed E-state index contributed by atoms with van der Waals surface area (Å²) in [6.45, 7) is 4.94. The van der Waals surface area contributed by atoms with Gasteiger partial charge in [0.05, 0.1) is 6.61 Å². The molecule has 0 aliphatic carbocycles. The number of carboxylic acid groups (broad SMARTS) is 1. The highest BCUT2D eigenvalue weighted by Crippen LogP contribution is 2.32. The molecule has 166 valence electrons. The molecule has 2 aliphatic rings. The Balaban J connectivity index is 1.21. The molecule has 0 atom stereocenters. The summed E-state index contributed by atoms with van der Waals surface area (Å²) in [7, 11) is 0. The van der Waals surface area contributed by atoms with Crippen LogP contribution in [-0.2, 0) is 13.0 Å². The molecule has 2 aromatic rings. The lowest BCUT2D eigenvalue weighted by Crippen LogP contribution is -2.34. The zero-order valence-corrected chi connectivity index (χ0v) is 18.7. The molecule has 0 saturated carbocycles. The van der Waals surface area contributed by atoms with Crippen LogP contribution in [0.2, 0.25) is 5.02 Å². The maximum atomic E-state index is 11.4. The predicted molar refractivity (Wildman–Crippen MR) is 123 cm³/mol. The van der Waals surface area contributed by atoms with Crippen LogP contribution in [0.4, 0.5) is 4.79 Å². The first-order valence-corrected chi connectivity index (χ1v) is 11.7. The number of amides is 1. The largest absolute Gasteiger partial charge is 0.494 e. The van der Waals surface area contributed by atoms with Gasteiger partial charge < -0.3 is 19.6 Å². The summed E-state index contributed by atoms with van der Waals surface area (Å²) in [6.07, 6.45) is 4.22. The minimum atomic E-state index is -0.850. The monoisotopic (exact) mass is 442 g/mol. The summed E-state index contributed by atoms with van der Waals surface area (Å²) >= 11 is 6.37. The Morgan fingerprint density at radius 2 is 1.90 bits per heavy atom. The number of aryl methyl sites for hydroxylation is 1. The molecule has 0 radical (unpaired) electrons. The average molecular weight is 443 g/mol. The van der Waals surface area contributed by atoms with Crippen molar-refractivity contribution in [2.45, 2.75) is 44.6 Å². The third-order valence-corrected chi connectivity index (χ3v) is 6.85. The van der Waals surface area contributed by atoms with Crippen molar-refractivity contribution < 1.29 is 14.6 Å². The molecule has 1 amide bonds. The van der Waals surface area contributed by atoms with Crippen molar-refractivity contribution in [1.29, 1.82) is 0 Å². The van der Waals surface area contributed by atoms with Gasteiger partial charge in [0.1, 0.15) is 5.75 Å². The molecule has 0 aromatic heterocycles. The number of ether oxygens (including phenoxy) is 1. The zero-order chi connectivity index (χ0) is 21.6. The molecule has 5 nitrogen and oxygen atoms in total. The van der Waals surface area contributed by atoms with Gasteiger partial charge in [0.2, 0.25) is 0 Å². The molecule has 1 fully saturated rings. The van der Waals surface area contributed by atoms with Crippen LogP contribution in [0, 0.1) is 0 Å². The SMILES string of the molecule is O=C(O)N1CCCc2ccc(OCCCN3CCC(c4ccccc4Cl)CC3)cc2C1. The normalized spacial score (nSPS) is 17.8. The number of carbonyl (C=O) groups is 1. The second-order valence-electron chi connectivity index (χ2n) is 8.58. The maximum Gasteiger partial charge on any atom is 0.407 e. The van der Waals surface area contributed by atoms with Crippen molar-refractivity contribution in [1.82, 2.24) is 9.80 Å². The lowest BCUT2D eigenvalue weighted by molar-refractivity contribution is 0.143. The van der Waals surface area contributed by atoms with Gasteiger partial charge in [-0.1, -0.05) is 35.9 Å². The molecule has 4 rings (SSSR count). The van der Waals surface area contributed by atoms with Crippen LogP contribution < -0.4 is 4.74 Å². The van der Waals surface area contributed by atoms with Crippen molar-refractivity contribution in [3.05, 3.63) is 64.2 Å². The second-order valence-corrected chi connectivity index (χ2v) is 8.98. The molecule has 6 heteroatoms. The number of benzene rings is 2. The molecule has 2 heterocycles. The fraction of sp³-hybridized carbons (Fsp3) is 0.480. The van der Waals surface area contributed by atoms with Crippen LogP contribution in [0.25, 0.3) is 0 Å². The fourth-order valence-corrected chi connectivity index (χ4v) is 5.03. The number of fused-ring (bicyclic) bond motifs is 1. The standard InChI is InChI=1S/C25H31ClN2O3/c26-24-7-2-1-6-23(24)20-10-14-27(15-11-20)12-4-16-31-22-9-8-19-5-3-13-28(25(29)30)18-21(19)17-22/h1-2,6-9,17,20H,3-5,10-16,18H2,(H,29,30). The summed E-state index contributed by atoms with van der Waals surface area (Å²) in [5, 5.41) is 10.2. The van der Waals surface area contributed by atoms with Crippen molar-refractivity contribution >= 4 is 17.7 Å². The van der Waals surface area contributed by atoms with E-state index in [0.29, 0.717) is 25.6 Å². The highest BCUT2D eigenvalue weighted by atomic mass is 35.5. The number of rotatable bonds is 6. The third-order valence-electron chi connectivity index (χ3n) is 6.50. The van der Waals surface area contributed by atoms with Gasteiger partial charge in [-0.2, -0.15) is 0 Å². The average Bonchev–Trinajstić information content (AvgIpc) is 3.00. The number of hydrogen-bond acceptors (Lipinski definition) is 3. The quantitative estimate of drug-likeness (QED) is 0.607. The van der Waals surface area contributed by atoms with Crippen LogP contribution in [-0.4, -0.2) is 53.8 Å². The Morgan fingerprint density at radius 1 is 1.10 bits per heavy atom. The summed E-state index contributed by atoms with van der Waals surface area (Å²) in [5.41, 5.74) is 3.59. The van der Waals surface area contributed by atoms with Crippen LogP contribution in [0.1, 0.15) is 48.3 Å². The molecule has 1 N–H and O–H groups in total. The Labute approximate surface area is 189 Å². The first kappa shape index (κ1) is 22.0. The van der Waals surface area contributed by atoms with Gasteiger partial charge in [0, 0.05) is 24.7 Å². The van der Waals surface area contributed by atoms with Crippen molar-refractivity contribution in [2.24, 2.45) is 0 Å². The van der Waals surface area contributed by atoms with Crippen molar-refractivity contribution in [2.75, 3.05) is 32.8 Å². The predicted octanol–water partition coefficient (Wildman–Crippen LogP) is 5.41. The fourth-order valence-electron chi connectivity index (χ4n) is 4.74. The second kappa shape index (κ2) is 10.4. The lowest BCUT2D eigenvalue weighted by Gasteiger charge is -2.32. The molecule has 0 spiro atoms. The topological polar surface area (TPSA) is 53.0 Å². The van der Waals surface area contributed by atoms with E-state index in [1.807, 2.05) is 24.3 Å². The highest BCUT2D eigenvalue weighted by Gasteiger charge is 2.22. The van der Waals surface area contributed by atoms with Gasteiger partial charge in [-0.25, -0.2) is 4.79 Å². The molecule has 0 bridgehead atoms. The molecule has 2 aromatic carbocycles. The highest BCUT2D eigenvalue weighted by molar-refractivity contribution is 6.31. The Hall–Kier alpha value is -2.24. The van der Waals surface area contributed by atoms with Crippen LogP contribution in [0.5, 0.6) is 5.75 Å². The summed E-state index contributed by atoms with van der Waals surface area (Å²) in [5.74, 6) is 1.40. The van der Waals surface area contributed by atoms with Crippen LogP contribution in [0.15, 0.2) is 42.5 Å². The minimum absolute atomic E-state index is 0.447. The number of nitrogens with zero attached hydrogens (tertiary/aromatic N) is 2. The molecule has 0 unspecified atom stereocenters. The molecular weight excluding hydrogens is 412 g/mol. The maximum absolute atomic E-state index is 11.4. The third kappa shape index (κ3) is 5.72. The van der Waals surface area contributed by atoms with Gasteiger partial charge in [-0.15, -0.1) is 0 Å². The molecule has 31 heavy (non-hydrogen) atoms. The van der Waals surface area contributed by atoms with E-state index in [-0.39, 0.29) is 0 Å². The summed E-state index contributed by atoms with van der Waals surface area (Å²) in [6, 6.07) is 14.3. The smallest absolute Gasteiger partial charge is 0.407 e. The summed E-state index contributed by atoms with van der Waals surface area (Å²) < 4.78 is 6.00. The first-order valence-electron chi connectivity index (χ1n) is 11.3. The van der Waals surface area contributed by atoms with Crippen molar-refractivity contribution in [3.63, 3.8) is 0 Å². The van der Waals surface area contributed by atoms with Gasteiger partial charge in [0.15, 0.2) is 0 Å². The number of halogens is 1. The Kier molecular flexibility index (Phi) is 7.36. The van der Waals surface area contributed by atoms with E-state index in [1.54, 1.807) is 0 Å². The lowest BCUT2D eigenvalue weighted by atomic mass is 9.89. The van der Waals surface area contributed by atoms with E-state index in [1.165, 1.54) is 16.0 Å². The molecule has 1 saturated heterocycles. The van der Waals surface area contributed by atoms with Gasteiger partial charge >= 0.3 is 6.09 Å². The van der Waals surface area contributed by atoms with Gasteiger partial charge in [-0.3, -0.25) is 0 Å². The first-order chi connectivity index (χ1) is 15.1. The van der Waals surface area contributed by atoms with E-state index >= 15 is 0 Å². The van der Waals surface area contributed by atoms with Crippen molar-refractivity contribution in [3.8, 4) is 5.75 Å². The Bertz CT molecular complexity index is 896.